The molecule has 1 aromatic heterocycles. The highest BCUT2D eigenvalue weighted by molar-refractivity contribution is 5.95. The Hall–Kier alpha value is -2.54. The van der Waals surface area contributed by atoms with Crippen LogP contribution in [0.3, 0.4) is 0 Å². The molecule has 1 aromatic carbocycles. The molecule has 0 unspecified atom stereocenters. The molecule has 4 nitrogen and oxygen atoms in total. The zero-order valence-corrected chi connectivity index (χ0v) is 12.2. The van der Waals surface area contributed by atoms with Crippen LogP contribution in [0, 0.1) is 11.3 Å². The van der Waals surface area contributed by atoms with E-state index in [9.17, 15) is 10.1 Å². The van der Waals surface area contributed by atoms with Crippen LogP contribution < -0.4 is 5.32 Å². The molecule has 0 fully saturated rings. The molecular formula is C17H19N3O. The summed E-state index contributed by atoms with van der Waals surface area (Å²) < 4.78 is 1.76. The van der Waals surface area contributed by atoms with E-state index in [0.717, 1.165) is 24.9 Å². The predicted molar refractivity (Wildman–Crippen MR) is 82.3 cm³/mol. The lowest BCUT2D eigenvalue weighted by Crippen LogP contribution is -2.27. The van der Waals surface area contributed by atoms with Gasteiger partial charge in [-0.15, -0.1) is 0 Å². The van der Waals surface area contributed by atoms with Gasteiger partial charge in [0.1, 0.15) is 11.8 Å². The quantitative estimate of drug-likeness (QED) is 0.826. The largest absolute Gasteiger partial charge is 0.351 e. The number of nitriles is 1. The van der Waals surface area contributed by atoms with Gasteiger partial charge in [0.25, 0.3) is 5.91 Å². The third kappa shape index (κ3) is 3.51. The molecule has 0 spiro atoms. The number of nitrogens with one attached hydrogen (secondary N) is 1. The van der Waals surface area contributed by atoms with Crippen molar-refractivity contribution in [3.05, 3.63) is 53.9 Å². The van der Waals surface area contributed by atoms with E-state index in [2.05, 4.69) is 18.3 Å². The fraction of sp³-hybridized carbons (Fsp3) is 0.294. The molecule has 2 aromatic rings. The lowest BCUT2D eigenvalue weighted by molar-refractivity contribution is 0.0946. The number of para-hydroxylation sites is 1. The summed E-state index contributed by atoms with van der Waals surface area (Å²) >= 11 is 0. The molecule has 1 heterocycles. The van der Waals surface area contributed by atoms with Gasteiger partial charge in [0.2, 0.25) is 0 Å². The monoisotopic (exact) mass is 281 g/mol. The summed E-state index contributed by atoms with van der Waals surface area (Å²) in [4.78, 5) is 12.4. The zero-order chi connectivity index (χ0) is 15.1. The van der Waals surface area contributed by atoms with E-state index < -0.39 is 0 Å². The Balaban J connectivity index is 2.23. The molecule has 0 radical (unpaired) electrons. The van der Waals surface area contributed by atoms with Gasteiger partial charge in [-0.3, -0.25) is 4.79 Å². The lowest BCUT2D eigenvalue weighted by Gasteiger charge is -2.10. The van der Waals surface area contributed by atoms with Crippen molar-refractivity contribution in [2.24, 2.45) is 0 Å². The first-order chi connectivity index (χ1) is 10.3. The van der Waals surface area contributed by atoms with Crippen LogP contribution in [0.15, 0.2) is 42.6 Å². The topological polar surface area (TPSA) is 57.8 Å². The molecule has 0 bridgehead atoms. The maximum absolute atomic E-state index is 12.4. The second-order valence-electron chi connectivity index (χ2n) is 4.86. The number of hydrogen-bond donors (Lipinski definition) is 1. The van der Waals surface area contributed by atoms with Crippen LogP contribution in [-0.2, 0) is 0 Å². The van der Waals surface area contributed by atoms with E-state index in [0.29, 0.717) is 17.8 Å². The molecule has 21 heavy (non-hydrogen) atoms. The molecular weight excluding hydrogens is 262 g/mol. The van der Waals surface area contributed by atoms with Gasteiger partial charge in [-0.05, 0) is 24.6 Å². The van der Waals surface area contributed by atoms with Crippen LogP contribution in [0.2, 0.25) is 0 Å². The van der Waals surface area contributed by atoms with Crippen molar-refractivity contribution in [3.8, 4) is 11.8 Å². The lowest BCUT2D eigenvalue weighted by atomic mass is 10.2. The molecule has 0 aliphatic carbocycles. The maximum atomic E-state index is 12.4. The number of rotatable bonds is 6. The van der Waals surface area contributed by atoms with E-state index >= 15 is 0 Å². The van der Waals surface area contributed by atoms with Crippen LogP contribution in [0.25, 0.3) is 5.69 Å². The van der Waals surface area contributed by atoms with Crippen molar-refractivity contribution in [2.75, 3.05) is 6.54 Å². The Labute approximate surface area is 125 Å². The van der Waals surface area contributed by atoms with Gasteiger partial charge >= 0.3 is 0 Å². The van der Waals surface area contributed by atoms with Gasteiger partial charge in [-0.2, -0.15) is 5.26 Å². The number of carbonyl (C=O) groups excluding carboxylic acids is 1. The average Bonchev–Trinajstić information content (AvgIpc) is 2.96. The van der Waals surface area contributed by atoms with Crippen molar-refractivity contribution < 1.29 is 4.79 Å². The van der Waals surface area contributed by atoms with Crippen molar-refractivity contribution in [1.29, 1.82) is 5.26 Å². The number of benzene rings is 1. The smallest absolute Gasteiger partial charge is 0.269 e. The second-order valence-corrected chi connectivity index (χ2v) is 4.86. The van der Waals surface area contributed by atoms with E-state index in [-0.39, 0.29) is 5.91 Å². The summed E-state index contributed by atoms with van der Waals surface area (Å²) in [6, 6.07) is 13.3. The van der Waals surface area contributed by atoms with Gasteiger partial charge in [-0.25, -0.2) is 0 Å². The van der Waals surface area contributed by atoms with Crippen LogP contribution in [0.4, 0.5) is 0 Å². The van der Waals surface area contributed by atoms with Gasteiger partial charge in [0.05, 0.1) is 5.56 Å². The number of hydrogen-bond acceptors (Lipinski definition) is 2. The van der Waals surface area contributed by atoms with Crippen LogP contribution in [0.1, 0.15) is 42.2 Å². The van der Waals surface area contributed by atoms with Crippen LogP contribution >= 0.6 is 0 Å². The average molecular weight is 281 g/mol. The van der Waals surface area contributed by atoms with E-state index in [1.165, 1.54) is 0 Å². The normalized spacial score (nSPS) is 10.1. The number of aromatic nitrogens is 1. The van der Waals surface area contributed by atoms with Crippen LogP contribution in [0.5, 0.6) is 0 Å². The second kappa shape index (κ2) is 7.30. The van der Waals surface area contributed by atoms with Gasteiger partial charge in [-0.1, -0.05) is 38.0 Å². The molecule has 0 aliphatic heterocycles. The van der Waals surface area contributed by atoms with Gasteiger partial charge in [0, 0.05) is 18.4 Å². The third-order valence-electron chi connectivity index (χ3n) is 3.32. The minimum atomic E-state index is -0.198. The van der Waals surface area contributed by atoms with Crippen molar-refractivity contribution in [1.82, 2.24) is 9.88 Å². The highest BCUT2D eigenvalue weighted by Gasteiger charge is 2.17. The molecule has 4 heteroatoms. The summed E-state index contributed by atoms with van der Waals surface area (Å²) in [7, 11) is 0. The summed E-state index contributed by atoms with van der Waals surface area (Å²) in [6.45, 7) is 2.76. The Morgan fingerprint density at radius 3 is 2.67 bits per heavy atom. The molecule has 0 saturated carbocycles. The number of amides is 1. The molecule has 1 amide bonds. The van der Waals surface area contributed by atoms with Gasteiger partial charge < -0.3 is 9.88 Å². The third-order valence-corrected chi connectivity index (χ3v) is 3.32. The minimum absolute atomic E-state index is 0.198. The minimum Gasteiger partial charge on any atom is -0.351 e. The fourth-order valence-electron chi connectivity index (χ4n) is 2.22. The summed E-state index contributed by atoms with van der Waals surface area (Å²) in [5, 5.41) is 12.1. The summed E-state index contributed by atoms with van der Waals surface area (Å²) in [5.74, 6) is -0.198. The van der Waals surface area contributed by atoms with Gasteiger partial charge in [0.15, 0.2) is 0 Å². The first-order valence-electron chi connectivity index (χ1n) is 7.23. The van der Waals surface area contributed by atoms with E-state index in [1.54, 1.807) is 16.8 Å². The first kappa shape index (κ1) is 14.9. The fourth-order valence-corrected chi connectivity index (χ4v) is 2.22. The maximum Gasteiger partial charge on any atom is 0.269 e. The molecule has 0 saturated heterocycles. The van der Waals surface area contributed by atoms with E-state index in [1.807, 2.05) is 30.3 Å². The Kier molecular flexibility index (Phi) is 5.16. The first-order valence-corrected chi connectivity index (χ1v) is 7.23. The number of nitrogens with zero attached hydrogens (tertiary/aromatic N) is 2. The van der Waals surface area contributed by atoms with Crippen molar-refractivity contribution >= 4 is 5.91 Å². The highest BCUT2D eigenvalue weighted by atomic mass is 16.1. The Bertz CT molecular complexity index is 638. The number of carbonyl (C=O) groups is 1. The standard InChI is InChI=1S/C17H19N3O/c1-2-3-7-11-19-17(21)16-14(13-18)10-12-20(16)15-8-5-4-6-9-15/h4-6,8-10,12H,2-3,7,11H2,1H3,(H,19,21). The molecule has 108 valence electrons. The van der Waals surface area contributed by atoms with Crippen LogP contribution in [-0.4, -0.2) is 17.0 Å². The summed E-state index contributed by atoms with van der Waals surface area (Å²) in [5.41, 5.74) is 1.67. The molecule has 1 N–H and O–H groups in total. The van der Waals surface area contributed by atoms with E-state index in [4.69, 9.17) is 0 Å². The Morgan fingerprint density at radius 2 is 2.00 bits per heavy atom. The zero-order valence-electron chi connectivity index (χ0n) is 12.2. The molecule has 0 aliphatic rings. The Morgan fingerprint density at radius 1 is 1.24 bits per heavy atom. The van der Waals surface area contributed by atoms with Crippen molar-refractivity contribution in [2.45, 2.75) is 26.2 Å². The van der Waals surface area contributed by atoms with Crippen molar-refractivity contribution in [3.63, 3.8) is 0 Å². The summed E-state index contributed by atoms with van der Waals surface area (Å²) in [6.07, 6.45) is 4.91. The SMILES string of the molecule is CCCCCNC(=O)c1c(C#N)ccn1-c1ccccc1. The highest BCUT2D eigenvalue weighted by Crippen LogP contribution is 2.16. The molecule has 2 rings (SSSR count). The number of unbranched alkanes of at least 4 members (excludes halogenated alkanes) is 2. The molecule has 0 atom stereocenters. The predicted octanol–water partition coefficient (Wildman–Crippen LogP) is 3.27.